The molecule has 2 rings (SSSR count). The molecule has 2 N–H and O–H groups in total. The zero-order chi connectivity index (χ0) is 17.7. The van der Waals surface area contributed by atoms with Crippen LogP contribution in [0.4, 0.5) is 5.82 Å². The van der Waals surface area contributed by atoms with E-state index in [1.807, 2.05) is 6.33 Å². The fourth-order valence-corrected chi connectivity index (χ4v) is 3.40. The Bertz CT molecular complexity index is 593. The lowest BCUT2D eigenvalue weighted by atomic mass is 10.0. The van der Waals surface area contributed by atoms with Gasteiger partial charge in [-0.05, 0) is 6.42 Å². The van der Waals surface area contributed by atoms with Crippen LogP contribution in [0.5, 0.6) is 0 Å². The minimum Gasteiger partial charge on any atom is -0.382 e. The molecule has 0 fully saturated rings. The molecular formula is C20H35N5. The first-order chi connectivity index (χ1) is 12.3. The highest BCUT2D eigenvalue weighted by Gasteiger charge is 2.07. The van der Waals surface area contributed by atoms with Crippen molar-refractivity contribution in [3.63, 3.8) is 0 Å². The van der Waals surface area contributed by atoms with E-state index in [9.17, 15) is 0 Å². The highest BCUT2D eigenvalue weighted by atomic mass is 15.1. The van der Waals surface area contributed by atoms with Gasteiger partial charge in [0.15, 0.2) is 11.5 Å². The van der Waals surface area contributed by atoms with Gasteiger partial charge < -0.3 is 10.3 Å². The molecule has 0 atom stereocenters. The quantitative estimate of drug-likeness (QED) is 0.459. The number of imidazole rings is 1. The molecule has 0 saturated heterocycles. The lowest BCUT2D eigenvalue weighted by molar-refractivity contribution is 0.528. The van der Waals surface area contributed by atoms with Gasteiger partial charge in [0.05, 0.1) is 6.33 Å². The van der Waals surface area contributed by atoms with Gasteiger partial charge >= 0.3 is 0 Å². The molecule has 5 nitrogen and oxygen atoms in total. The molecule has 25 heavy (non-hydrogen) atoms. The second-order valence-corrected chi connectivity index (χ2v) is 7.11. The molecule has 0 aliphatic carbocycles. The van der Waals surface area contributed by atoms with Crippen LogP contribution in [0.1, 0.15) is 90.4 Å². The molecule has 0 amide bonds. The van der Waals surface area contributed by atoms with E-state index < -0.39 is 0 Å². The van der Waals surface area contributed by atoms with Gasteiger partial charge in [-0.25, -0.2) is 15.0 Å². The molecule has 0 aliphatic rings. The van der Waals surface area contributed by atoms with Crippen molar-refractivity contribution in [2.75, 3.05) is 5.73 Å². The third-order valence-corrected chi connectivity index (χ3v) is 4.94. The molecule has 0 aliphatic heterocycles. The van der Waals surface area contributed by atoms with Crippen LogP contribution in [0.3, 0.4) is 0 Å². The normalized spacial score (nSPS) is 11.4. The Balaban J connectivity index is 1.46. The van der Waals surface area contributed by atoms with Crippen molar-refractivity contribution in [3.8, 4) is 0 Å². The summed E-state index contributed by atoms with van der Waals surface area (Å²) in [5.41, 5.74) is 7.51. The molecule has 0 unspecified atom stereocenters. The van der Waals surface area contributed by atoms with Crippen LogP contribution in [-0.2, 0) is 6.54 Å². The van der Waals surface area contributed by atoms with Gasteiger partial charge in [0.2, 0.25) is 0 Å². The number of aromatic nitrogens is 4. The largest absolute Gasteiger partial charge is 0.382 e. The molecule has 0 bridgehead atoms. The number of aryl methyl sites for hydroxylation is 1. The van der Waals surface area contributed by atoms with Crippen molar-refractivity contribution in [2.45, 2.75) is 96.9 Å². The SMILES string of the molecule is CCCCCCCCCCCCCCCn1cnc2ncnc(N)c21. The van der Waals surface area contributed by atoms with Gasteiger partial charge in [-0.1, -0.05) is 84.0 Å². The number of rotatable bonds is 14. The number of hydrogen-bond donors (Lipinski definition) is 1. The van der Waals surface area contributed by atoms with E-state index in [1.165, 1.54) is 83.4 Å². The monoisotopic (exact) mass is 345 g/mol. The predicted molar refractivity (Wildman–Crippen MR) is 105 cm³/mol. The molecule has 140 valence electrons. The van der Waals surface area contributed by atoms with Gasteiger partial charge in [0, 0.05) is 6.54 Å². The van der Waals surface area contributed by atoms with Crippen LogP contribution >= 0.6 is 0 Å². The Morgan fingerprint density at radius 3 is 1.92 bits per heavy atom. The maximum absolute atomic E-state index is 5.93. The van der Waals surface area contributed by atoms with Gasteiger partial charge in [0.25, 0.3) is 0 Å². The minimum absolute atomic E-state index is 0.525. The predicted octanol–water partition coefficient (Wildman–Crippen LogP) is 5.50. The van der Waals surface area contributed by atoms with Crippen molar-refractivity contribution in [3.05, 3.63) is 12.7 Å². The first-order valence-corrected chi connectivity index (χ1v) is 10.2. The zero-order valence-corrected chi connectivity index (χ0v) is 15.9. The Morgan fingerprint density at radius 2 is 1.32 bits per heavy atom. The smallest absolute Gasteiger partial charge is 0.182 e. The van der Waals surface area contributed by atoms with E-state index in [-0.39, 0.29) is 0 Å². The van der Waals surface area contributed by atoms with Crippen LogP contribution in [0.2, 0.25) is 0 Å². The van der Waals surface area contributed by atoms with Gasteiger partial charge in [0.1, 0.15) is 11.8 Å². The number of anilines is 1. The summed E-state index contributed by atoms with van der Waals surface area (Å²) in [6.45, 7) is 3.23. The van der Waals surface area contributed by atoms with Crippen LogP contribution in [0, 0.1) is 0 Å². The van der Waals surface area contributed by atoms with Crippen molar-refractivity contribution >= 4 is 17.0 Å². The van der Waals surface area contributed by atoms with Gasteiger partial charge in [-0.3, -0.25) is 0 Å². The fourth-order valence-electron chi connectivity index (χ4n) is 3.40. The highest BCUT2D eigenvalue weighted by molar-refractivity contribution is 5.81. The van der Waals surface area contributed by atoms with Crippen LogP contribution in [0.25, 0.3) is 11.2 Å². The van der Waals surface area contributed by atoms with Crippen LogP contribution in [0.15, 0.2) is 12.7 Å². The molecule has 2 aromatic heterocycles. The molecule has 2 aromatic rings. The first-order valence-electron chi connectivity index (χ1n) is 10.2. The van der Waals surface area contributed by atoms with Crippen molar-refractivity contribution in [1.29, 1.82) is 0 Å². The average Bonchev–Trinajstić information content (AvgIpc) is 3.03. The Morgan fingerprint density at radius 1 is 0.760 bits per heavy atom. The Kier molecular flexibility index (Phi) is 9.31. The van der Waals surface area contributed by atoms with Crippen LogP contribution in [-0.4, -0.2) is 19.5 Å². The van der Waals surface area contributed by atoms with E-state index in [2.05, 4.69) is 26.4 Å². The second-order valence-electron chi connectivity index (χ2n) is 7.11. The van der Waals surface area contributed by atoms with Crippen molar-refractivity contribution in [1.82, 2.24) is 19.5 Å². The molecule has 2 heterocycles. The summed E-state index contributed by atoms with van der Waals surface area (Å²) in [6, 6.07) is 0. The van der Waals surface area contributed by atoms with Crippen LogP contribution < -0.4 is 5.73 Å². The zero-order valence-electron chi connectivity index (χ0n) is 15.9. The average molecular weight is 346 g/mol. The maximum Gasteiger partial charge on any atom is 0.182 e. The number of unbranched alkanes of at least 4 members (excludes halogenated alkanes) is 12. The molecule has 0 radical (unpaired) electrons. The number of fused-ring (bicyclic) bond motifs is 1. The summed E-state index contributed by atoms with van der Waals surface area (Å²) in [4.78, 5) is 12.5. The summed E-state index contributed by atoms with van der Waals surface area (Å²) in [5, 5.41) is 0. The van der Waals surface area contributed by atoms with Gasteiger partial charge in [-0.2, -0.15) is 0 Å². The van der Waals surface area contributed by atoms with E-state index in [0.717, 1.165) is 18.5 Å². The highest BCUT2D eigenvalue weighted by Crippen LogP contribution is 2.17. The number of nitrogens with two attached hydrogens (primary N) is 1. The summed E-state index contributed by atoms with van der Waals surface area (Å²) in [7, 11) is 0. The molecular weight excluding hydrogens is 310 g/mol. The lowest BCUT2D eigenvalue weighted by Crippen LogP contribution is -2.01. The Hall–Kier alpha value is -1.65. The summed E-state index contributed by atoms with van der Waals surface area (Å²) < 4.78 is 2.09. The first kappa shape index (κ1) is 19.7. The Labute approximate surface area is 152 Å². The number of hydrogen-bond acceptors (Lipinski definition) is 4. The summed E-state index contributed by atoms with van der Waals surface area (Å²) in [5.74, 6) is 0.525. The number of nitrogen functional groups attached to an aromatic ring is 1. The van der Waals surface area contributed by atoms with E-state index in [0.29, 0.717) is 11.5 Å². The van der Waals surface area contributed by atoms with Gasteiger partial charge in [-0.15, -0.1) is 0 Å². The van der Waals surface area contributed by atoms with Crippen molar-refractivity contribution < 1.29 is 0 Å². The molecule has 0 saturated carbocycles. The van der Waals surface area contributed by atoms with E-state index in [4.69, 9.17) is 5.73 Å². The van der Waals surface area contributed by atoms with E-state index in [1.54, 1.807) is 0 Å². The molecule has 0 aromatic carbocycles. The van der Waals surface area contributed by atoms with Crippen molar-refractivity contribution in [2.24, 2.45) is 0 Å². The standard InChI is InChI=1S/C20H35N5/c1-2-3-4-5-6-7-8-9-10-11-12-13-14-15-25-17-24-20-18(25)19(21)22-16-23-20/h16-17H,2-15H2,1H3,(H2,21,22,23). The third kappa shape index (κ3) is 7.00. The fraction of sp³-hybridized carbons (Fsp3) is 0.750. The topological polar surface area (TPSA) is 69.6 Å². The molecule has 0 spiro atoms. The number of nitrogens with zero attached hydrogens (tertiary/aromatic N) is 4. The third-order valence-electron chi connectivity index (χ3n) is 4.94. The van der Waals surface area contributed by atoms with E-state index >= 15 is 0 Å². The second kappa shape index (κ2) is 11.8. The summed E-state index contributed by atoms with van der Waals surface area (Å²) >= 11 is 0. The lowest BCUT2D eigenvalue weighted by Gasteiger charge is -2.05. The minimum atomic E-state index is 0.525. The maximum atomic E-state index is 5.93. The summed E-state index contributed by atoms with van der Waals surface area (Å²) in [6.07, 6.45) is 21.1. The molecule has 5 heteroatoms.